The maximum absolute atomic E-state index is 14.2. The molecule has 0 N–H and O–H groups in total. The monoisotopic (exact) mass is 648 g/mol. The molecule has 1 aliphatic rings. The van der Waals surface area contributed by atoms with Gasteiger partial charge in [0.2, 0.25) is 0 Å². The molecular weight excluding hydrogens is 608 g/mol. The number of nitrogens with zero attached hydrogens (tertiary/aromatic N) is 6. The lowest BCUT2D eigenvalue weighted by molar-refractivity contribution is 0.0130. The standard InChI is InChI=1S/C34H41ClN6O3S/c1-19(2)27-29(20(3)14-15-36-27)41-31-24(16-25(35)28(37-31)23-12-10-11-13-26(23)45-9)30(38-32(41)42)39-17-22(5)40(18-21(39)4)33(43)44-34(6,7)8/h10-16,19,21-22H,17-18H2,1-9H3/t21-,22+/m0/s1. The van der Waals surface area contributed by atoms with Crippen molar-refractivity contribution in [2.24, 2.45) is 0 Å². The van der Waals surface area contributed by atoms with Crippen LogP contribution in [0.2, 0.25) is 5.02 Å². The van der Waals surface area contributed by atoms with E-state index in [0.29, 0.717) is 46.3 Å². The number of piperazine rings is 1. The Morgan fingerprint density at radius 1 is 1.09 bits per heavy atom. The zero-order valence-corrected chi connectivity index (χ0v) is 29.0. The number of benzene rings is 1. The second-order valence-electron chi connectivity index (χ2n) is 12.9. The first-order valence-electron chi connectivity index (χ1n) is 15.2. The zero-order valence-electron chi connectivity index (χ0n) is 27.4. The molecule has 5 rings (SSSR count). The number of ether oxygens (including phenoxy) is 1. The van der Waals surface area contributed by atoms with Crippen molar-refractivity contribution in [1.82, 2.24) is 24.4 Å². The van der Waals surface area contributed by atoms with Gasteiger partial charge in [-0.15, -0.1) is 11.8 Å². The highest BCUT2D eigenvalue weighted by molar-refractivity contribution is 7.98. The number of anilines is 1. The fourth-order valence-corrected chi connectivity index (χ4v) is 6.69. The Labute approximate surface area is 274 Å². The van der Waals surface area contributed by atoms with E-state index in [4.69, 9.17) is 26.3 Å². The minimum Gasteiger partial charge on any atom is -0.444 e. The Bertz CT molecular complexity index is 1820. The van der Waals surface area contributed by atoms with Crippen LogP contribution in [0.25, 0.3) is 28.0 Å². The Hall–Kier alpha value is -3.63. The SMILES string of the molecule is CSc1ccccc1-c1nc2c(cc1Cl)c(N1C[C@@H](C)N(C(=O)OC(C)(C)C)C[C@@H]1C)nc(=O)n2-c1c(C)ccnc1C(C)C. The third-order valence-electron chi connectivity index (χ3n) is 7.97. The van der Waals surface area contributed by atoms with E-state index < -0.39 is 11.3 Å². The van der Waals surface area contributed by atoms with Crippen molar-refractivity contribution in [1.29, 1.82) is 0 Å². The van der Waals surface area contributed by atoms with Crippen LogP contribution in [-0.2, 0) is 4.74 Å². The molecule has 1 saturated heterocycles. The Morgan fingerprint density at radius 3 is 2.47 bits per heavy atom. The first-order valence-corrected chi connectivity index (χ1v) is 16.8. The van der Waals surface area contributed by atoms with Crippen LogP contribution in [0.4, 0.5) is 10.6 Å². The summed E-state index contributed by atoms with van der Waals surface area (Å²) in [5.74, 6) is 0.536. The molecule has 4 heterocycles. The van der Waals surface area contributed by atoms with Crippen molar-refractivity contribution in [3.05, 3.63) is 69.4 Å². The fraction of sp³-hybridized carbons (Fsp3) is 0.441. The Morgan fingerprint density at radius 2 is 1.80 bits per heavy atom. The highest BCUT2D eigenvalue weighted by Crippen LogP contribution is 2.38. The summed E-state index contributed by atoms with van der Waals surface area (Å²) in [6, 6.07) is 11.4. The van der Waals surface area contributed by atoms with Crippen molar-refractivity contribution in [3.8, 4) is 16.9 Å². The average molecular weight is 649 g/mol. The summed E-state index contributed by atoms with van der Waals surface area (Å²) in [5, 5.41) is 1.10. The summed E-state index contributed by atoms with van der Waals surface area (Å²) < 4.78 is 7.27. The first-order chi connectivity index (χ1) is 21.2. The van der Waals surface area contributed by atoms with Gasteiger partial charge in [0.25, 0.3) is 0 Å². The molecule has 0 radical (unpaired) electrons. The molecule has 45 heavy (non-hydrogen) atoms. The summed E-state index contributed by atoms with van der Waals surface area (Å²) in [6.45, 7) is 16.5. The van der Waals surface area contributed by atoms with Crippen LogP contribution in [0.15, 0.2) is 52.3 Å². The lowest BCUT2D eigenvalue weighted by Crippen LogP contribution is -2.59. The second kappa shape index (κ2) is 12.6. The van der Waals surface area contributed by atoms with Crippen molar-refractivity contribution in [2.75, 3.05) is 24.2 Å². The van der Waals surface area contributed by atoms with E-state index in [2.05, 4.69) is 23.7 Å². The summed E-state index contributed by atoms with van der Waals surface area (Å²) in [6.07, 6.45) is 3.42. The Balaban J connectivity index is 1.75. The molecule has 1 fully saturated rings. The minimum atomic E-state index is -0.603. The van der Waals surface area contributed by atoms with Gasteiger partial charge in [0.15, 0.2) is 5.65 Å². The zero-order chi connectivity index (χ0) is 32.8. The van der Waals surface area contributed by atoms with Crippen LogP contribution in [-0.4, -0.2) is 67.5 Å². The van der Waals surface area contributed by atoms with Crippen LogP contribution in [0.5, 0.6) is 0 Å². The molecule has 0 bridgehead atoms. The highest BCUT2D eigenvalue weighted by atomic mass is 35.5. The highest BCUT2D eigenvalue weighted by Gasteiger charge is 2.36. The fourth-order valence-electron chi connectivity index (χ4n) is 5.84. The van der Waals surface area contributed by atoms with E-state index >= 15 is 0 Å². The van der Waals surface area contributed by atoms with Crippen molar-refractivity contribution < 1.29 is 9.53 Å². The molecule has 0 spiro atoms. The van der Waals surface area contributed by atoms with Gasteiger partial charge in [0.1, 0.15) is 11.4 Å². The molecule has 1 aliphatic heterocycles. The molecule has 0 saturated carbocycles. The predicted molar refractivity (Wildman–Crippen MR) is 183 cm³/mol. The van der Waals surface area contributed by atoms with Crippen molar-refractivity contribution in [2.45, 2.75) is 83.9 Å². The number of carbonyl (C=O) groups is 1. The molecule has 0 unspecified atom stereocenters. The maximum atomic E-state index is 14.2. The third-order valence-corrected chi connectivity index (χ3v) is 9.06. The summed E-state index contributed by atoms with van der Waals surface area (Å²) in [4.78, 5) is 46.7. The van der Waals surface area contributed by atoms with Gasteiger partial charge < -0.3 is 14.5 Å². The smallest absolute Gasteiger partial charge is 0.410 e. The number of hydrogen-bond acceptors (Lipinski definition) is 8. The van der Waals surface area contributed by atoms with Crippen LogP contribution in [0, 0.1) is 6.92 Å². The van der Waals surface area contributed by atoms with E-state index in [1.807, 2.05) is 84.2 Å². The maximum Gasteiger partial charge on any atom is 0.410 e. The first kappa shape index (κ1) is 32.8. The quantitative estimate of drug-likeness (QED) is 0.206. The van der Waals surface area contributed by atoms with Gasteiger partial charge in [-0.25, -0.2) is 19.1 Å². The number of fused-ring (bicyclic) bond motifs is 1. The molecule has 4 aromatic rings. The van der Waals surface area contributed by atoms with Crippen LogP contribution < -0.4 is 10.6 Å². The molecule has 238 valence electrons. The number of hydrogen-bond donors (Lipinski definition) is 0. The normalized spacial score (nSPS) is 17.3. The van der Waals surface area contributed by atoms with Gasteiger partial charge >= 0.3 is 11.8 Å². The topological polar surface area (TPSA) is 93.5 Å². The van der Waals surface area contributed by atoms with Crippen LogP contribution in [0.1, 0.15) is 65.6 Å². The number of rotatable bonds is 5. The summed E-state index contributed by atoms with van der Waals surface area (Å²) in [5.41, 5.74) is 3.21. The van der Waals surface area contributed by atoms with E-state index in [1.54, 1.807) is 27.4 Å². The molecule has 11 heteroatoms. The number of aryl methyl sites for hydroxylation is 1. The van der Waals surface area contributed by atoms with Crippen LogP contribution >= 0.6 is 23.4 Å². The number of amides is 1. The predicted octanol–water partition coefficient (Wildman–Crippen LogP) is 7.48. The average Bonchev–Trinajstić information content (AvgIpc) is 2.97. The second-order valence-corrected chi connectivity index (χ2v) is 14.2. The van der Waals surface area contributed by atoms with Crippen molar-refractivity contribution >= 4 is 46.3 Å². The lowest BCUT2D eigenvalue weighted by atomic mass is 10.0. The van der Waals surface area contributed by atoms with E-state index in [-0.39, 0.29) is 24.1 Å². The van der Waals surface area contributed by atoms with Gasteiger partial charge in [0.05, 0.1) is 27.5 Å². The summed E-state index contributed by atoms with van der Waals surface area (Å²) in [7, 11) is 0. The number of halogens is 1. The third kappa shape index (κ3) is 6.40. The molecule has 1 amide bonds. The minimum absolute atomic E-state index is 0.0484. The number of carbonyl (C=O) groups excluding carboxylic acids is 1. The van der Waals surface area contributed by atoms with E-state index in [9.17, 15) is 9.59 Å². The Kier molecular flexibility index (Phi) is 9.20. The molecule has 9 nitrogen and oxygen atoms in total. The van der Waals surface area contributed by atoms with Crippen LogP contribution in [0.3, 0.4) is 0 Å². The number of pyridine rings is 2. The van der Waals surface area contributed by atoms with Gasteiger partial charge in [-0.3, -0.25) is 4.98 Å². The molecule has 1 aromatic carbocycles. The van der Waals surface area contributed by atoms with Gasteiger partial charge in [-0.05, 0) is 77.5 Å². The van der Waals surface area contributed by atoms with Gasteiger partial charge in [-0.2, -0.15) is 4.98 Å². The largest absolute Gasteiger partial charge is 0.444 e. The molecule has 3 aromatic heterocycles. The lowest BCUT2D eigenvalue weighted by Gasteiger charge is -2.44. The van der Waals surface area contributed by atoms with E-state index in [0.717, 1.165) is 21.7 Å². The molecule has 0 aliphatic carbocycles. The number of aromatic nitrogens is 4. The van der Waals surface area contributed by atoms with Crippen molar-refractivity contribution in [3.63, 3.8) is 0 Å². The molecular formula is C34H41ClN6O3S. The molecule has 2 atom stereocenters. The van der Waals surface area contributed by atoms with Gasteiger partial charge in [0, 0.05) is 41.8 Å². The summed E-state index contributed by atoms with van der Waals surface area (Å²) >= 11 is 8.64. The van der Waals surface area contributed by atoms with E-state index in [1.165, 1.54) is 0 Å². The number of thioether (sulfide) groups is 1. The van der Waals surface area contributed by atoms with Gasteiger partial charge in [-0.1, -0.05) is 43.6 Å².